The van der Waals surface area contributed by atoms with Gasteiger partial charge in [-0.2, -0.15) is 8.42 Å². The lowest BCUT2D eigenvalue weighted by Gasteiger charge is -2.07. The maximum absolute atomic E-state index is 10.5. The standard InChI is InChI=1S/C24H20N2.C7H8O3S/c1-18-16-21-17-20(19-8-4-2-5-9-19)12-13-24(21)26-23(18)14-15-25-22-10-6-3-7-11-22;1-6-2-4-7(5-3-6)11(8,9)10/h2-17,25H,1H3;2-5H,1H3,(H,8,9,10)/b15-14+;. The molecule has 0 fully saturated rings. The van der Waals surface area contributed by atoms with Crippen molar-refractivity contribution in [3.05, 3.63) is 132 Å². The average molecular weight is 509 g/mol. The molecule has 1 aromatic heterocycles. The van der Waals surface area contributed by atoms with E-state index in [9.17, 15) is 8.42 Å². The Morgan fingerprint density at radius 2 is 1.41 bits per heavy atom. The van der Waals surface area contributed by atoms with Gasteiger partial charge in [-0.05, 0) is 79.1 Å². The molecule has 0 spiro atoms. The van der Waals surface area contributed by atoms with Gasteiger partial charge in [-0.1, -0.05) is 72.3 Å². The SMILES string of the molecule is Cc1cc2cc(-c3ccccc3)ccc2nc1/C=C/Nc1ccccc1.Cc1ccc(S(=O)(=O)O)cc1. The molecule has 1 heterocycles. The maximum atomic E-state index is 10.5. The number of pyridine rings is 1. The van der Waals surface area contributed by atoms with Crippen LogP contribution in [0.25, 0.3) is 28.1 Å². The number of aromatic nitrogens is 1. The fourth-order valence-corrected chi connectivity index (χ4v) is 4.22. The summed E-state index contributed by atoms with van der Waals surface area (Å²) in [7, 11) is -4.02. The van der Waals surface area contributed by atoms with Gasteiger partial charge < -0.3 is 5.32 Å². The first-order valence-corrected chi connectivity index (χ1v) is 13.2. The first-order valence-electron chi connectivity index (χ1n) is 11.8. The number of hydrogen-bond acceptors (Lipinski definition) is 4. The molecule has 0 atom stereocenters. The van der Waals surface area contributed by atoms with E-state index in [0.717, 1.165) is 33.4 Å². The van der Waals surface area contributed by atoms with Gasteiger partial charge in [0.1, 0.15) is 0 Å². The van der Waals surface area contributed by atoms with Crippen LogP contribution in [0, 0.1) is 13.8 Å². The largest absolute Gasteiger partial charge is 0.362 e. The van der Waals surface area contributed by atoms with Gasteiger partial charge >= 0.3 is 0 Å². The van der Waals surface area contributed by atoms with Gasteiger partial charge in [0, 0.05) is 17.3 Å². The van der Waals surface area contributed by atoms with Crippen LogP contribution in [0.15, 0.2) is 120 Å². The predicted molar refractivity (Wildman–Crippen MR) is 152 cm³/mol. The number of nitrogens with one attached hydrogen (secondary N) is 1. The molecule has 0 amide bonds. The van der Waals surface area contributed by atoms with Crippen molar-refractivity contribution in [2.75, 3.05) is 5.32 Å². The van der Waals surface area contributed by atoms with Crippen molar-refractivity contribution >= 4 is 32.8 Å². The molecular weight excluding hydrogens is 480 g/mol. The molecule has 6 heteroatoms. The second-order valence-corrected chi connectivity index (χ2v) is 10.0. The summed E-state index contributed by atoms with van der Waals surface area (Å²) in [6.07, 6.45) is 3.96. The zero-order valence-corrected chi connectivity index (χ0v) is 21.5. The van der Waals surface area contributed by atoms with Gasteiger partial charge in [-0.3, -0.25) is 4.55 Å². The Morgan fingerprint density at radius 1 is 0.757 bits per heavy atom. The van der Waals surface area contributed by atoms with Crippen LogP contribution in [0.2, 0.25) is 0 Å². The second kappa shape index (κ2) is 11.6. The molecule has 0 unspecified atom stereocenters. The highest BCUT2D eigenvalue weighted by atomic mass is 32.2. The van der Waals surface area contributed by atoms with Crippen molar-refractivity contribution in [1.29, 1.82) is 0 Å². The number of anilines is 1. The molecule has 37 heavy (non-hydrogen) atoms. The normalized spacial score (nSPS) is 11.2. The Kier molecular flexibility index (Phi) is 8.13. The summed E-state index contributed by atoms with van der Waals surface area (Å²) in [6.45, 7) is 3.94. The van der Waals surface area contributed by atoms with Crippen molar-refractivity contribution in [3.63, 3.8) is 0 Å². The van der Waals surface area contributed by atoms with Gasteiger partial charge in [-0.15, -0.1) is 0 Å². The van der Waals surface area contributed by atoms with E-state index in [-0.39, 0.29) is 4.90 Å². The topological polar surface area (TPSA) is 79.3 Å². The second-order valence-electron chi connectivity index (χ2n) is 8.60. The summed E-state index contributed by atoms with van der Waals surface area (Å²) in [4.78, 5) is 4.75. The summed E-state index contributed by atoms with van der Waals surface area (Å²) in [5.74, 6) is 0. The summed E-state index contributed by atoms with van der Waals surface area (Å²) >= 11 is 0. The van der Waals surface area contributed by atoms with Crippen LogP contribution in [0.4, 0.5) is 5.69 Å². The third-order valence-electron chi connectivity index (χ3n) is 5.74. The number of benzene rings is 4. The van der Waals surface area contributed by atoms with Crippen LogP contribution in [0.3, 0.4) is 0 Å². The number of para-hydroxylation sites is 1. The Hall–Kier alpha value is -4.26. The molecule has 2 N–H and O–H groups in total. The Labute approximate surface area is 217 Å². The molecule has 186 valence electrons. The minimum absolute atomic E-state index is 0.0666. The van der Waals surface area contributed by atoms with Crippen molar-refractivity contribution in [3.8, 4) is 11.1 Å². The lowest BCUT2D eigenvalue weighted by Crippen LogP contribution is -1.96. The third kappa shape index (κ3) is 7.13. The zero-order valence-electron chi connectivity index (χ0n) is 20.7. The highest BCUT2D eigenvalue weighted by Gasteiger charge is 2.07. The van der Waals surface area contributed by atoms with E-state index in [2.05, 4.69) is 60.8 Å². The minimum atomic E-state index is -4.02. The summed E-state index contributed by atoms with van der Waals surface area (Å²) < 4.78 is 29.6. The van der Waals surface area contributed by atoms with Gasteiger partial charge in [0.05, 0.1) is 16.1 Å². The number of nitrogens with zero attached hydrogens (tertiary/aromatic N) is 1. The fraction of sp³-hybridized carbons (Fsp3) is 0.0645. The van der Waals surface area contributed by atoms with Crippen LogP contribution < -0.4 is 5.32 Å². The van der Waals surface area contributed by atoms with Crippen molar-refractivity contribution < 1.29 is 13.0 Å². The molecule has 0 aliphatic rings. The van der Waals surface area contributed by atoms with Crippen molar-refractivity contribution in [1.82, 2.24) is 4.98 Å². The number of hydrogen-bond donors (Lipinski definition) is 2. The lowest BCUT2D eigenvalue weighted by molar-refractivity contribution is 0.483. The van der Waals surface area contributed by atoms with Gasteiger partial charge in [0.2, 0.25) is 0 Å². The van der Waals surface area contributed by atoms with E-state index >= 15 is 0 Å². The van der Waals surface area contributed by atoms with Crippen molar-refractivity contribution in [2.24, 2.45) is 0 Å². The molecule has 5 aromatic rings. The van der Waals surface area contributed by atoms with Crippen molar-refractivity contribution in [2.45, 2.75) is 18.7 Å². The highest BCUT2D eigenvalue weighted by Crippen LogP contribution is 2.25. The highest BCUT2D eigenvalue weighted by molar-refractivity contribution is 7.85. The molecule has 0 bridgehead atoms. The van der Waals surface area contributed by atoms with Crippen LogP contribution in [0.5, 0.6) is 0 Å². The first kappa shape index (κ1) is 25.8. The molecule has 5 rings (SSSR count). The summed E-state index contributed by atoms with van der Waals surface area (Å²) in [5.41, 5.74) is 7.61. The van der Waals surface area contributed by atoms with E-state index in [1.807, 2.05) is 55.6 Å². The fourth-order valence-electron chi connectivity index (χ4n) is 3.74. The van der Waals surface area contributed by atoms with E-state index in [1.165, 1.54) is 23.3 Å². The Bertz CT molecular complexity index is 1610. The molecular formula is C31H28N2O3S. The first-order chi connectivity index (χ1) is 17.8. The Balaban J connectivity index is 0.000000245. The van der Waals surface area contributed by atoms with E-state index in [1.54, 1.807) is 12.1 Å². The molecule has 5 nitrogen and oxygen atoms in total. The lowest BCUT2D eigenvalue weighted by atomic mass is 10.0. The Morgan fingerprint density at radius 3 is 2.05 bits per heavy atom. The molecule has 0 saturated carbocycles. The van der Waals surface area contributed by atoms with E-state index in [4.69, 9.17) is 9.54 Å². The van der Waals surface area contributed by atoms with Crippen LogP contribution in [0.1, 0.15) is 16.8 Å². The number of fused-ring (bicyclic) bond motifs is 1. The minimum Gasteiger partial charge on any atom is -0.362 e. The van der Waals surface area contributed by atoms with E-state index < -0.39 is 10.1 Å². The number of aryl methyl sites for hydroxylation is 2. The van der Waals surface area contributed by atoms with Crippen LogP contribution in [-0.4, -0.2) is 18.0 Å². The molecule has 0 saturated heterocycles. The number of rotatable bonds is 5. The smallest absolute Gasteiger partial charge is 0.294 e. The zero-order chi connectivity index (χ0) is 26.3. The summed E-state index contributed by atoms with van der Waals surface area (Å²) in [6, 6.07) is 35.2. The molecule has 0 radical (unpaired) electrons. The van der Waals surface area contributed by atoms with E-state index in [0.29, 0.717) is 0 Å². The molecule has 4 aromatic carbocycles. The van der Waals surface area contributed by atoms with Gasteiger partial charge in [-0.25, -0.2) is 4.98 Å². The summed E-state index contributed by atoms with van der Waals surface area (Å²) in [5, 5.41) is 4.44. The predicted octanol–water partition coefficient (Wildman–Crippen LogP) is 7.53. The van der Waals surface area contributed by atoms with Crippen LogP contribution in [-0.2, 0) is 10.1 Å². The van der Waals surface area contributed by atoms with Gasteiger partial charge in [0.25, 0.3) is 10.1 Å². The molecule has 0 aliphatic heterocycles. The monoisotopic (exact) mass is 508 g/mol. The average Bonchev–Trinajstić information content (AvgIpc) is 2.90. The quantitative estimate of drug-likeness (QED) is 0.240. The molecule has 0 aliphatic carbocycles. The van der Waals surface area contributed by atoms with Gasteiger partial charge in [0.15, 0.2) is 0 Å². The third-order valence-corrected chi connectivity index (χ3v) is 6.60. The maximum Gasteiger partial charge on any atom is 0.294 e. The van der Waals surface area contributed by atoms with Crippen LogP contribution >= 0.6 is 0 Å².